The van der Waals surface area contributed by atoms with Crippen molar-refractivity contribution >= 4 is 22.3 Å². The van der Waals surface area contributed by atoms with Crippen molar-refractivity contribution in [1.82, 2.24) is 4.73 Å². The molecule has 0 aliphatic rings. The second-order valence-corrected chi connectivity index (χ2v) is 7.90. The van der Waals surface area contributed by atoms with Crippen LogP contribution in [-0.4, -0.2) is 20.3 Å². The lowest BCUT2D eigenvalue weighted by molar-refractivity contribution is 0.262. The number of hydrogen-bond donors (Lipinski definition) is 0. The first-order chi connectivity index (χ1) is 14.6. The van der Waals surface area contributed by atoms with Crippen molar-refractivity contribution < 1.29 is 30.6 Å². The number of rotatable bonds is 6. The third-order valence-electron chi connectivity index (χ3n) is 4.17. The smallest absolute Gasteiger partial charge is 0.360 e. The van der Waals surface area contributed by atoms with E-state index in [2.05, 4.69) is 0 Å². The molecular formula is C21H16F3NO5S. The van der Waals surface area contributed by atoms with E-state index in [4.69, 9.17) is 9.02 Å². The van der Waals surface area contributed by atoms with Gasteiger partial charge < -0.3 is 4.74 Å². The van der Waals surface area contributed by atoms with E-state index in [0.717, 1.165) is 6.07 Å². The number of aromatic nitrogens is 1. The van der Waals surface area contributed by atoms with E-state index in [1.165, 1.54) is 19.3 Å². The summed E-state index contributed by atoms with van der Waals surface area (Å²) in [5.74, 6) is -4.85. The van der Waals surface area contributed by atoms with Gasteiger partial charge >= 0.3 is 10.1 Å². The van der Waals surface area contributed by atoms with Crippen LogP contribution in [0.4, 0.5) is 13.2 Å². The standard InChI is InChI=1S/C21H16F3NO5S/c1-13-11-15(6-3-14-4-7-16(29-2)8-5-14)25(19(26)12-13)30-31(27,28)18-10-9-17(22)20(23)21(18)24/h3-12H,1-2H3. The van der Waals surface area contributed by atoms with Gasteiger partial charge in [0.15, 0.2) is 17.5 Å². The second kappa shape index (κ2) is 8.68. The van der Waals surface area contributed by atoms with Crippen molar-refractivity contribution in [3.63, 3.8) is 0 Å². The minimum absolute atomic E-state index is 0.0207. The summed E-state index contributed by atoms with van der Waals surface area (Å²) in [6.07, 6.45) is 2.99. The van der Waals surface area contributed by atoms with E-state index in [0.29, 0.717) is 33.7 Å². The molecule has 3 rings (SSSR count). The molecule has 6 nitrogen and oxygen atoms in total. The van der Waals surface area contributed by atoms with Crippen molar-refractivity contribution in [3.8, 4) is 5.75 Å². The summed E-state index contributed by atoms with van der Waals surface area (Å²) in [6, 6.07) is 10.4. The maximum Gasteiger partial charge on any atom is 0.360 e. The van der Waals surface area contributed by atoms with E-state index in [9.17, 15) is 26.4 Å². The van der Waals surface area contributed by atoms with Crippen LogP contribution in [0.1, 0.15) is 16.8 Å². The van der Waals surface area contributed by atoms with Crippen LogP contribution in [0.15, 0.2) is 58.2 Å². The molecule has 0 spiro atoms. The molecule has 2 aromatic carbocycles. The molecule has 0 bridgehead atoms. The predicted molar refractivity (Wildman–Crippen MR) is 107 cm³/mol. The molecule has 0 saturated carbocycles. The fourth-order valence-electron chi connectivity index (χ4n) is 2.65. The third kappa shape index (κ3) is 4.80. The number of halogens is 3. The Balaban J connectivity index is 2.02. The first kappa shape index (κ1) is 22.2. The fourth-order valence-corrected chi connectivity index (χ4v) is 3.63. The number of methoxy groups -OCH3 is 1. The predicted octanol–water partition coefficient (Wildman–Crippen LogP) is 3.57. The van der Waals surface area contributed by atoms with Crippen LogP contribution in [-0.2, 0) is 10.1 Å². The molecule has 1 heterocycles. The van der Waals surface area contributed by atoms with Gasteiger partial charge in [-0.15, -0.1) is 4.73 Å². The van der Waals surface area contributed by atoms with Crippen LogP contribution in [0.5, 0.6) is 5.75 Å². The number of hydrogen-bond acceptors (Lipinski definition) is 5. The molecule has 162 valence electrons. The van der Waals surface area contributed by atoms with E-state index in [1.54, 1.807) is 37.3 Å². The van der Waals surface area contributed by atoms with Gasteiger partial charge in [0.2, 0.25) is 0 Å². The first-order valence-corrected chi connectivity index (χ1v) is 10.2. The Kier molecular flexibility index (Phi) is 6.21. The van der Waals surface area contributed by atoms with Crippen LogP contribution in [0, 0.1) is 24.4 Å². The lowest BCUT2D eigenvalue weighted by Crippen LogP contribution is -2.32. The van der Waals surface area contributed by atoms with E-state index < -0.39 is 38.0 Å². The highest BCUT2D eigenvalue weighted by molar-refractivity contribution is 7.87. The van der Waals surface area contributed by atoms with Crippen LogP contribution >= 0.6 is 0 Å². The van der Waals surface area contributed by atoms with Crippen molar-refractivity contribution in [2.75, 3.05) is 7.11 Å². The maximum atomic E-state index is 14.0. The average molecular weight is 451 g/mol. The average Bonchev–Trinajstić information content (AvgIpc) is 2.72. The Hall–Kier alpha value is -3.53. The monoisotopic (exact) mass is 451 g/mol. The van der Waals surface area contributed by atoms with Crippen molar-refractivity contribution in [2.45, 2.75) is 11.8 Å². The van der Waals surface area contributed by atoms with Crippen LogP contribution < -0.4 is 14.6 Å². The van der Waals surface area contributed by atoms with Gasteiger partial charge in [-0.2, -0.15) is 8.42 Å². The number of ether oxygens (including phenoxy) is 1. The summed E-state index contributed by atoms with van der Waals surface area (Å²) in [5.41, 5.74) is 0.375. The lowest BCUT2D eigenvalue weighted by Gasteiger charge is -2.12. The van der Waals surface area contributed by atoms with E-state index in [1.807, 2.05) is 0 Å². The summed E-state index contributed by atoms with van der Waals surface area (Å²) >= 11 is 0. The Labute approximate surface area is 175 Å². The summed E-state index contributed by atoms with van der Waals surface area (Å²) < 4.78 is 75.8. The first-order valence-electron chi connectivity index (χ1n) is 8.76. The van der Waals surface area contributed by atoms with Crippen molar-refractivity contribution in [1.29, 1.82) is 0 Å². The summed E-state index contributed by atoms with van der Waals surface area (Å²) in [6.45, 7) is 1.61. The number of nitrogens with zero attached hydrogens (tertiary/aromatic N) is 1. The lowest BCUT2D eigenvalue weighted by atomic mass is 10.1. The highest BCUT2D eigenvalue weighted by Gasteiger charge is 2.27. The quantitative estimate of drug-likeness (QED) is 0.536. The molecule has 0 amide bonds. The zero-order chi connectivity index (χ0) is 22.8. The molecular weight excluding hydrogens is 435 g/mol. The largest absolute Gasteiger partial charge is 0.497 e. The molecule has 0 radical (unpaired) electrons. The minimum Gasteiger partial charge on any atom is -0.497 e. The van der Waals surface area contributed by atoms with E-state index in [-0.39, 0.29) is 5.69 Å². The Bertz CT molecular complexity index is 1320. The Morgan fingerprint density at radius 2 is 1.61 bits per heavy atom. The molecule has 0 aliphatic heterocycles. The van der Waals surface area contributed by atoms with Gasteiger partial charge in [0.05, 0.1) is 12.8 Å². The normalized spacial score (nSPS) is 11.6. The number of aryl methyl sites for hydroxylation is 1. The molecule has 3 aromatic rings. The van der Waals surface area contributed by atoms with Gasteiger partial charge in [0.1, 0.15) is 10.6 Å². The maximum absolute atomic E-state index is 14.0. The number of pyridine rings is 1. The van der Waals surface area contributed by atoms with Crippen LogP contribution in [0.3, 0.4) is 0 Å². The van der Waals surface area contributed by atoms with Gasteiger partial charge in [-0.25, -0.2) is 13.2 Å². The zero-order valence-electron chi connectivity index (χ0n) is 16.3. The zero-order valence-corrected chi connectivity index (χ0v) is 17.1. The van der Waals surface area contributed by atoms with Gasteiger partial charge in [0, 0.05) is 6.07 Å². The molecule has 0 N–H and O–H groups in total. The molecule has 0 unspecified atom stereocenters. The van der Waals surface area contributed by atoms with E-state index >= 15 is 0 Å². The Morgan fingerprint density at radius 1 is 0.935 bits per heavy atom. The molecule has 31 heavy (non-hydrogen) atoms. The van der Waals surface area contributed by atoms with Crippen LogP contribution in [0.2, 0.25) is 0 Å². The van der Waals surface area contributed by atoms with Gasteiger partial charge in [0.25, 0.3) is 5.56 Å². The molecule has 10 heteroatoms. The SMILES string of the molecule is COc1ccc(C=Cc2cc(C)cc(=O)n2OS(=O)(=O)c2ccc(F)c(F)c2F)cc1. The van der Waals surface area contributed by atoms with Gasteiger partial charge in [-0.1, -0.05) is 18.2 Å². The highest BCUT2D eigenvalue weighted by Crippen LogP contribution is 2.21. The summed E-state index contributed by atoms with van der Waals surface area (Å²) in [4.78, 5) is 11.1. The Morgan fingerprint density at radius 3 is 2.26 bits per heavy atom. The molecule has 0 aliphatic carbocycles. The topological polar surface area (TPSA) is 74.6 Å². The van der Waals surface area contributed by atoms with Gasteiger partial charge in [-0.05, 0) is 54.5 Å². The minimum atomic E-state index is -5.00. The molecule has 0 fully saturated rings. The number of benzene rings is 2. The van der Waals surface area contributed by atoms with Gasteiger partial charge in [-0.3, -0.25) is 9.08 Å². The second-order valence-electron chi connectivity index (χ2n) is 6.40. The third-order valence-corrected chi connectivity index (χ3v) is 5.36. The molecule has 0 atom stereocenters. The van der Waals surface area contributed by atoms with Crippen molar-refractivity contribution in [2.24, 2.45) is 0 Å². The summed E-state index contributed by atoms with van der Waals surface area (Å²) in [5, 5.41) is 0. The molecule has 1 aromatic heterocycles. The van der Waals surface area contributed by atoms with Crippen molar-refractivity contribution in [3.05, 3.63) is 93.2 Å². The molecule has 0 saturated heterocycles. The van der Waals surface area contributed by atoms with Crippen LogP contribution in [0.25, 0.3) is 12.2 Å². The summed E-state index contributed by atoms with van der Waals surface area (Å²) in [7, 11) is -3.48. The fraction of sp³-hybridized carbons (Fsp3) is 0.0952. The highest BCUT2D eigenvalue weighted by atomic mass is 32.2.